The lowest BCUT2D eigenvalue weighted by Crippen LogP contribution is -2.01. The molecule has 0 spiro atoms. The summed E-state index contributed by atoms with van der Waals surface area (Å²) in [5.41, 5.74) is -1.06. The van der Waals surface area contributed by atoms with Crippen molar-refractivity contribution in [2.45, 2.75) is 10.1 Å². The summed E-state index contributed by atoms with van der Waals surface area (Å²) in [6.45, 7) is 0. The van der Waals surface area contributed by atoms with Crippen molar-refractivity contribution >= 4 is 22.5 Å². The van der Waals surface area contributed by atoms with Gasteiger partial charge in [0.15, 0.2) is 5.16 Å². The molecule has 0 atom stereocenters. The monoisotopic (exact) mass is 314 g/mol. The summed E-state index contributed by atoms with van der Waals surface area (Å²) in [7, 11) is 0. The Hall–Kier alpha value is -2.80. The van der Waals surface area contributed by atoms with Crippen LogP contribution < -0.4 is 11.1 Å². The average molecular weight is 314 g/mol. The van der Waals surface area contributed by atoms with Crippen LogP contribution in [0, 0.1) is 0 Å². The Morgan fingerprint density at radius 1 is 1.00 bits per heavy atom. The van der Waals surface area contributed by atoms with Crippen molar-refractivity contribution in [3.63, 3.8) is 0 Å². The summed E-state index contributed by atoms with van der Waals surface area (Å²) in [5.74, 6) is -0.0686. The lowest BCUT2D eigenvalue weighted by Gasteiger charge is -2.08. The standard InChI is InChI=1S/C15H10N2O4S/c18-10-7-11(14(21)9-4-2-1-3-8(9)10)22-15-16-12(19)5-6-13(20)17-15/h1-7,18,21H,(H,16,17,19,20). The number of H-pyrrole nitrogens is 1. The molecule has 0 aliphatic carbocycles. The van der Waals surface area contributed by atoms with Crippen LogP contribution >= 0.6 is 11.8 Å². The maximum Gasteiger partial charge on any atom is 0.272 e. The second kappa shape index (κ2) is 5.53. The Balaban J connectivity index is 2.16. The summed E-state index contributed by atoms with van der Waals surface area (Å²) < 4.78 is 0. The summed E-state index contributed by atoms with van der Waals surface area (Å²) >= 11 is 0.888. The summed E-state index contributed by atoms with van der Waals surface area (Å²) in [6, 6.07) is 10.3. The number of nitrogens with one attached hydrogen (secondary N) is 1. The lowest BCUT2D eigenvalue weighted by molar-refractivity contribution is 0.458. The van der Waals surface area contributed by atoms with Gasteiger partial charge in [-0.05, 0) is 17.8 Å². The lowest BCUT2D eigenvalue weighted by atomic mass is 10.1. The highest BCUT2D eigenvalue weighted by Gasteiger charge is 2.12. The highest BCUT2D eigenvalue weighted by Crippen LogP contribution is 2.41. The zero-order chi connectivity index (χ0) is 15.7. The number of nitrogens with zero attached hydrogens (tertiary/aromatic N) is 1. The molecular weight excluding hydrogens is 304 g/mol. The van der Waals surface area contributed by atoms with Gasteiger partial charge < -0.3 is 15.2 Å². The average Bonchev–Trinajstić information content (AvgIpc) is 2.65. The first-order valence-corrected chi connectivity index (χ1v) is 7.09. The number of aromatic amines is 1. The number of benzene rings is 2. The quantitative estimate of drug-likeness (QED) is 0.624. The fourth-order valence-electron chi connectivity index (χ4n) is 2.01. The molecule has 3 N–H and O–H groups in total. The van der Waals surface area contributed by atoms with Crippen molar-refractivity contribution in [3.8, 4) is 11.5 Å². The normalized spacial score (nSPS) is 10.7. The zero-order valence-corrected chi connectivity index (χ0v) is 11.9. The number of hydrogen-bond donors (Lipinski definition) is 3. The molecule has 3 aromatic rings. The van der Waals surface area contributed by atoms with Crippen LogP contribution in [-0.2, 0) is 0 Å². The minimum atomic E-state index is -0.578. The molecule has 7 heteroatoms. The van der Waals surface area contributed by atoms with E-state index >= 15 is 0 Å². The van der Waals surface area contributed by atoms with E-state index < -0.39 is 11.1 Å². The number of phenolic OH excluding ortho intramolecular Hbond substituents is 2. The third kappa shape index (κ3) is 2.66. The molecule has 0 bridgehead atoms. The third-order valence-corrected chi connectivity index (χ3v) is 3.90. The number of aromatic hydroxyl groups is 2. The van der Waals surface area contributed by atoms with Gasteiger partial charge >= 0.3 is 0 Å². The molecule has 0 aliphatic heterocycles. The van der Waals surface area contributed by atoms with Crippen LogP contribution in [0.4, 0.5) is 0 Å². The van der Waals surface area contributed by atoms with E-state index in [4.69, 9.17) is 0 Å². The Bertz CT molecular complexity index is 952. The number of phenols is 2. The van der Waals surface area contributed by atoms with E-state index in [1.807, 2.05) is 0 Å². The Morgan fingerprint density at radius 2 is 1.73 bits per heavy atom. The van der Waals surface area contributed by atoms with Crippen LogP contribution in [-0.4, -0.2) is 20.2 Å². The molecule has 6 nitrogen and oxygen atoms in total. The molecule has 2 aromatic carbocycles. The molecule has 0 aliphatic rings. The summed E-state index contributed by atoms with van der Waals surface area (Å²) in [5, 5.41) is 21.3. The van der Waals surface area contributed by atoms with Crippen molar-refractivity contribution in [1.29, 1.82) is 0 Å². The largest absolute Gasteiger partial charge is 0.507 e. The predicted octanol–water partition coefficient (Wildman–Crippen LogP) is 1.85. The Kier molecular flexibility index (Phi) is 3.56. The molecule has 1 aromatic heterocycles. The highest BCUT2D eigenvalue weighted by atomic mass is 32.2. The minimum Gasteiger partial charge on any atom is -0.507 e. The first-order valence-electron chi connectivity index (χ1n) is 6.28. The van der Waals surface area contributed by atoms with E-state index in [1.165, 1.54) is 6.07 Å². The first kappa shape index (κ1) is 14.2. The summed E-state index contributed by atoms with van der Waals surface area (Å²) in [6.07, 6.45) is 0. The van der Waals surface area contributed by atoms with Gasteiger partial charge in [0.05, 0.1) is 4.90 Å². The van der Waals surface area contributed by atoms with Gasteiger partial charge in [-0.15, -0.1) is 0 Å². The molecule has 0 unspecified atom stereocenters. The van der Waals surface area contributed by atoms with Crippen molar-refractivity contribution in [3.05, 3.63) is 63.2 Å². The molecular formula is C15H10N2O4S. The Morgan fingerprint density at radius 3 is 2.50 bits per heavy atom. The number of rotatable bonds is 2. The third-order valence-electron chi connectivity index (χ3n) is 2.99. The van der Waals surface area contributed by atoms with Gasteiger partial charge in [-0.1, -0.05) is 24.3 Å². The fourth-order valence-corrected chi connectivity index (χ4v) is 2.88. The van der Waals surface area contributed by atoms with E-state index in [1.54, 1.807) is 24.3 Å². The van der Waals surface area contributed by atoms with Gasteiger partial charge in [0.2, 0.25) is 5.56 Å². The molecule has 110 valence electrons. The van der Waals surface area contributed by atoms with Crippen LogP contribution in [0.2, 0.25) is 0 Å². The van der Waals surface area contributed by atoms with Gasteiger partial charge in [-0.2, -0.15) is 4.98 Å². The van der Waals surface area contributed by atoms with Crippen molar-refractivity contribution in [2.75, 3.05) is 0 Å². The molecule has 1 heterocycles. The van der Waals surface area contributed by atoms with E-state index in [-0.39, 0.29) is 21.6 Å². The SMILES string of the molecule is O=c1ccc(=O)[nH]c(Sc2cc(O)c3ccccc3c2O)n1. The van der Waals surface area contributed by atoms with Crippen LogP contribution in [0.1, 0.15) is 0 Å². The van der Waals surface area contributed by atoms with Crippen LogP contribution in [0.25, 0.3) is 10.8 Å². The second-order valence-corrected chi connectivity index (χ2v) is 5.50. The molecule has 0 fully saturated rings. The second-order valence-electron chi connectivity index (χ2n) is 4.47. The van der Waals surface area contributed by atoms with Gasteiger partial charge in [0.1, 0.15) is 11.5 Å². The maximum atomic E-state index is 11.4. The molecule has 22 heavy (non-hydrogen) atoms. The minimum absolute atomic E-state index is 0.0131. The molecule has 0 radical (unpaired) electrons. The van der Waals surface area contributed by atoms with E-state index in [0.29, 0.717) is 10.8 Å². The molecule has 0 saturated carbocycles. The topological polar surface area (TPSA) is 103 Å². The van der Waals surface area contributed by atoms with Crippen molar-refractivity contribution in [1.82, 2.24) is 9.97 Å². The Labute approximate surface area is 128 Å². The fraction of sp³-hybridized carbons (Fsp3) is 0. The van der Waals surface area contributed by atoms with Gasteiger partial charge in [0.25, 0.3) is 5.56 Å². The molecule has 3 rings (SSSR count). The van der Waals surface area contributed by atoms with Crippen molar-refractivity contribution in [2.24, 2.45) is 0 Å². The van der Waals surface area contributed by atoms with E-state index in [9.17, 15) is 19.8 Å². The maximum absolute atomic E-state index is 11.4. The predicted molar refractivity (Wildman–Crippen MR) is 82.5 cm³/mol. The van der Waals surface area contributed by atoms with Crippen LogP contribution in [0.15, 0.2) is 62.1 Å². The number of fused-ring (bicyclic) bond motifs is 1. The number of aromatic nitrogens is 2. The smallest absolute Gasteiger partial charge is 0.272 e. The number of hydrogen-bond acceptors (Lipinski definition) is 6. The van der Waals surface area contributed by atoms with Gasteiger partial charge in [-0.25, -0.2) is 0 Å². The molecule has 0 saturated heterocycles. The highest BCUT2D eigenvalue weighted by molar-refractivity contribution is 7.99. The van der Waals surface area contributed by atoms with Gasteiger partial charge in [-0.3, -0.25) is 9.59 Å². The van der Waals surface area contributed by atoms with Gasteiger partial charge in [0, 0.05) is 22.9 Å². The van der Waals surface area contributed by atoms with E-state index in [2.05, 4.69) is 9.97 Å². The first-order chi connectivity index (χ1) is 10.5. The summed E-state index contributed by atoms with van der Waals surface area (Å²) in [4.78, 5) is 29.2. The van der Waals surface area contributed by atoms with Crippen molar-refractivity contribution < 1.29 is 10.2 Å². The zero-order valence-electron chi connectivity index (χ0n) is 11.1. The van der Waals surface area contributed by atoms with Crippen LogP contribution in [0.5, 0.6) is 11.5 Å². The van der Waals surface area contributed by atoms with E-state index in [0.717, 1.165) is 23.9 Å². The van der Waals surface area contributed by atoms with Crippen LogP contribution in [0.3, 0.4) is 0 Å². The molecule has 0 amide bonds.